The molecular formula is C28H39N3O2. The Morgan fingerprint density at radius 3 is 2.45 bits per heavy atom. The first-order valence-corrected chi connectivity index (χ1v) is 12.2. The van der Waals surface area contributed by atoms with Crippen LogP contribution in [0, 0.1) is 6.92 Å². The molecule has 0 spiro atoms. The highest BCUT2D eigenvalue weighted by molar-refractivity contribution is 6.00. The second kappa shape index (κ2) is 12.8. The van der Waals surface area contributed by atoms with Crippen LogP contribution in [-0.4, -0.2) is 23.9 Å². The molecule has 5 heteroatoms. The number of hydrogen-bond acceptors (Lipinski definition) is 3. The van der Waals surface area contributed by atoms with Crippen molar-refractivity contribution in [2.24, 2.45) is 4.99 Å². The van der Waals surface area contributed by atoms with Gasteiger partial charge in [0.15, 0.2) is 0 Å². The summed E-state index contributed by atoms with van der Waals surface area (Å²) in [5.74, 6) is 1.46. The second-order valence-electron chi connectivity index (χ2n) is 7.52. The number of nitrogens with one attached hydrogen (secondary N) is 1. The van der Waals surface area contributed by atoms with Crippen LogP contribution >= 0.6 is 0 Å². The lowest BCUT2D eigenvalue weighted by molar-refractivity contribution is -0.118. The van der Waals surface area contributed by atoms with E-state index in [1.165, 1.54) is 5.56 Å². The highest BCUT2D eigenvalue weighted by Gasteiger charge is 2.35. The number of hydrogen-bond donors (Lipinski definition) is 1. The van der Waals surface area contributed by atoms with Crippen LogP contribution in [0.5, 0.6) is 5.75 Å². The topological polar surface area (TPSA) is 53.9 Å². The van der Waals surface area contributed by atoms with E-state index in [4.69, 9.17) is 9.73 Å². The average molecular weight is 450 g/mol. The third-order valence-corrected chi connectivity index (χ3v) is 5.69. The average Bonchev–Trinajstić information content (AvgIpc) is 3.23. The lowest BCUT2D eigenvalue weighted by Crippen LogP contribution is -2.41. The number of aryl methyl sites for hydroxylation is 2. The van der Waals surface area contributed by atoms with Gasteiger partial charge in [-0.05, 0) is 55.0 Å². The standard InChI is InChI=1S/C24H27N3O2.2C2H6/c1-4-17-15-20(16(2)14-22(17)29-3)25-24-26-23(28)13-11-19-10-12-21(27(19)24)18-8-6-5-7-9-18;2*1-2/h5-9,11,14-15,21H,4,10,12-13H2,1-3H3,(H,25,26,28);2*1-2H3. The van der Waals surface area contributed by atoms with Gasteiger partial charge in [0.05, 0.1) is 18.8 Å². The summed E-state index contributed by atoms with van der Waals surface area (Å²) in [4.78, 5) is 19.5. The molecule has 1 unspecified atom stereocenters. The number of fused-ring (bicyclic) bond motifs is 1. The molecule has 2 aromatic carbocycles. The fraction of sp³-hybridized carbons (Fsp3) is 0.429. The zero-order valence-electron chi connectivity index (χ0n) is 21.2. The number of allylic oxidation sites excluding steroid dienone is 1. The molecule has 2 aliphatic heterocycles. The Kier molecular flexibility index (Phi) is 10.2. The molecule has 2 heterocycles. The summed E-state index contributed by atoms with van der Waals surface area (Å²) < 4.78 is 5.51. The number of aliphatic imine (C=N–C) groups is 1. The molecule has 33 heavy (non-hydrogen) atoms. The second-order valence-corrected chi connectivity index (χ2v) is 7.52. The minimum atomic E-state index is -0.0284. The number of rotatable bonds is 4. The van der Waals surface area contributed by atoms with E-state index in [1.54, 1.807) is 7.11 Å². The Morgan fingerprint density at radius 2 is 1.82 bits per heavy atom. The molecular weight excluding hydrogens is 410 g/mol. The molecule has 4 rings (SSSR count). The Hall–Kier alpha value is -3.08. The monoisotopic (exact) mass is 449 g/mol. The van der Waals surface area contributed by atoms with Gasteiger partial charge >= 0.3 is 0 Å². The maximum atomic E-state index is 12.4. The molecule has 178 valence electrons. The van der Waals surface area contributed by atoms with Crippen molar-refractivity contribution in [1.29, 1.82) is 0 Å². The lowest BCUT2D eigenvalue weighted by Gasteiger charge is -2.28. The van der Waals surface area contributed by atoms with Crippen molar-refractivity contribution in [2.45, 2.75) is 73.3 Å². The number of nitrogens with zero attached hydrogens (tertiary/aromatic N) is 2. The zero-order chi connectivity index (χ0) is 24.4. The molecule has 2 aliphatic rings. The van der Waals surface area contributed by atoms with E-state index < -0.39 is 0 Å². The van der Waals surface area contributed by atoms with Crippen LogP contribution in [0.4, 0.5) is 5.69 Å². The van der Waals surface area contributed by atoms with E-state index >= 15 is 0 Å². The van der Waals surface area contributed by atoms with Gasteiger partial charge in [-0.2, -0.15) is 0 Å². The van der Waals surface area contributed by atoms with E-state index in [-0.39, 0.29) is 11.9 Å². The molecule has 1 fully saturated rings. The van der Waals surface area contributed by atoms with E-state index in [0.717, 1.165) is 47.5 Å². The SMILES string of the molecule is CC.CC.CCc1cc(N=C2NC(=O)CC=C3CCC(c4ccccc4)N32)c(C)cc1OC. The zero-order valence-corrected chi connectivity index (χ0v) is 21.2. The highest BCUT2D eigenvalue weighted by Crippen LogP contribution is 2.40. The first-order valence-electron chi connectivity index (χ1n) is 12.2. The third-order valence-electron chi connectivity index (χ3n) is 5.69. The number of benzene rings is 2. The van der Waals surface area contributed by atoms with Gasteiger partial charge < -0.3 is 9.64 Å². The normalized spacial score (nSPS) is 18.1. The Bertz CT molecular complexity index is 980. The summed E-state index contributed by atoms with van der Waals surface area (Å²) in [6, 6.07) is 14.7. The van der Waals surface area contributed by atoms with E-state index in [2.05, 4.69) is 47.5 Å². The maximum Gasteiger partial charge on any atom is 0.230 e. The van der Waals surface area contributed by atoms with Crippen molar-refractivity contribution in [3.8, 4) is 5.75 Å². The van der Waals surface area contributed by atoms with Crippen LogP contribution in [0.1, 0.15) is 76.6 Å². The Balaban J connectivity index is 0.000000914. The fourth-order valence-electron chi connectivity index (χ4n) is 4.15. The molecule has 1 amide bonds. The van der Waals surface area contributed by atoms with Crippen LogP contribution in [0.15, 0.2) is 59.2 Å². The molecule has 5 nitrogen and oxygen atoms in total. The Labute approximate surface area is 199 Å². The van der Waals surface area contributed by atoms with Gasteiger partial charge in [0.2, 0.25) is 11.9 Å². The molecule has 0 aromatic heterocycles. The van der Waals surface area contributed by atoms with Gasteiger partial charge in [-0.25, -0.2) is 4.99 Å². The van der Waals surface area contributed by atoms with Crippen molar-refractivity contribution in [3.63, 3.8) is 0 Å². The van der Waals surface area contributed by atoms with Crippen LogP contribution in [-0.2, 0) is 11.2 Å². The number of carbonyl (C=O) groups excluding carboxylic acids is 1. The smallest absolute Gasteiger partial charge is 0.230 e. The molecule has 1 N–H and O–H groups in total. The van der Waals surface area contributed by atoms with Crippen molar-refractivity contribution in [3.05, 3.63) is 70.9 Å². The summed E-state index contributed by atoms with van der Waals surface area (Å²) in [6.07, 6.45) is 5.23. The van der Waals surface area contributed by atoms with Gasteiger partial charge in [0.1, 0.15) is 5.75 Å². The van der Waals surface area contributed by atoms with Gasteiger partial charge in [0.25, 0.3) is 0 Å². The van der Waals surface area contributed by atoms with Crippen molar-refractivity contribution in [1.82, 2.24) is 10.2 Å². The van der Waals surface area contributed by atoms with Crippen molar-refractivity contribution in [2.75, 3.05) is 7.11 Å². The molecule has 0 aliphatic carbocycles. The number of amides is 1. The van der Waals surface area contributed by atoms with Gasteiger partial charge in [0, 0.05) is 12.1 Å². The van der Waals surface area contributed by atoms with Crippen molar-refractivity contribution >= 4 is 17.6 Å². The van der Waals surface area contributed by atoms with Gasteiger partial charge in [-0.15, -0.1) is 0 Å². The summed E-state index contributed by atoms with van der Waals surface area (Å²) in [5, 5.41) is 3.05. The first kappa shape index (κ1) is 26.2. The number of methoxy groups -OCH3 is 1. The molecule has 0 bridgehead atoms. The number of carbonyl (C=O) groups is 1. The van der Waals surface area contributed by atoms with Crippen LogP contribution in [0.3, 0.4) is 0 Å². The first-order chi connectivity index (χ1) is 16.1. The largest absolute Gasteiger partial charge is 0.496 e. The van der Waals surface area contributed by atoms with E-state index in [9.17, 15) is 4.79 Å². The van der Waals surface area contributed by atoms with Crippen LogP contribution in [0.25, 0.3) is 0 Å². The predicted molar refractivity (Wildman–Crippen MR) is 138 cm³/mol. The van der Waals surface area contributed by atoms with E-state index in [0.29, 0.717) is 12.4 Å². The van der Waals surface area contributed by atoms with Crippen LogP contribution in [0.2, 0.25) is 0 Å². The summed E-state index contributed by atoms with van der Waals surface area (Å²) in [5.41, 5.74) is 5.39. The summed E-state index contributed by atoms with van der Waals surface area (Å²) in [6.45, 7) is 12.1. The molecule has 1 saturated heterocycles. The predicted octanol–water partition coefficient (Wildman–Crippen LogP) is 6.85. The maximum absolute atomic E-state index is 12.4. The summed E-state index contributed by atoms with van der Waals surface area (Å²) >= 11 is 0. The number of ether oxygens (including phenoxy) is 1. The minimum Gasteiger partial charge on any atom is -0.496 e. The van der Waals surface area contributed by atoms with E-state index in [1.807, 2.05) is 52.8 Å². The fourth-order valence-corrected chi connectivity index (χ4v) is 4.15. The highest BCUT2D eigenvalue weighted by atomic mass is 16.5. The van der Waals surface area contributed by atoms with Gasteiger partial charge in [-0.1, -0.05) is 71.0 Å². The third kappa shape index (κ3) is 6.04. The minimum absolute atomic E-state index is 0.0284. The van der Waals surface area contributed by atoms with Gasteiger partial charge in [-0.3, -0.25) is 10.1 Å². The lowest BCUT2D eigenvalue weighted by atomic mass is 10.0. The number of guanidine groups is 1. The molecule has 1 atom stereocenters. The molecule has 0 radical (unpaired) electrons. The molecule has 0 saturated carbocycles. The quantitative estimate of drug-likeness (QED) is 0.555. The summed E-state index contributed by atoms with van der Waals surface area (Å²) in [7, 11) is 1.69. The molecule has 2 aromatic rings. The van der Waals surface area contributed by atoms with Crippen molar-refractivity contribution < 1.29 is 9.53 Å². The van der Waals surface area contributed by atoms with Crippen LogP contribution < -0.4 is 10.1 Å². The Morgan fingerprint density at radius 1 is 1.12 bits per heavy atom.